The van der Waals surface area contributed by atoms with Gasteiger partial charge in [-0.1, -0.05) is 48.3 Å². The van der Waals surface area contributed by atoms with Crippen molar-refractivity contribution in [3.05, 3.63) is 34.3 Å². The Morgan fingerprint density at radius 2 is 1.84 bits per heavy atom. The minimum Gasteiger partial charge on any atom is -0.377 e. The van der Waals surface area contributed by atoms with Crippen molar-refractivity contribution in [3.8, 4) is 0 Å². The highest BCUT2D eigenvalue weighted by Gasteiger charge is 2.20. The second-order valence-corrected chi connectivity index (χ2v) is 5.69. The Kier molecular flexibility index (Phi) is 8.35. The zero-order chi connectivity index (χ0) is 14.1. The Morgan fingerprint density at radius 1 is 1.16 bits per heavy atom. The second kappa shape index (κ2) is 9.51. The number of benzene rings is 1. The van der Waals surface area contributed by atoms with Gasteiger partial charge in [0.15, 0.2) is 0 Å². The van der Waals surface area contributed by atoms with Gasteiger partial charge in [-0.15, -0.1) is 0 Å². The maximum absolute atomic E-state index is 5.92. The molecule has 1 rings (SSSR count). The van der Waals surface area contributed by atoms with Crippen LogP contribution in [0.3, 0.4) is 0 Å². The average molecular weight is 328 g/mol. The van der Waals surface area contributed by atoms with Gasteiger partial charge >= 0.3 is 0 Å². The fourth-order valence-electron chi connectivity index (χ4n) is 2.37. The molecule has 1 aromatic carbocycles. The highest BCUT2D eigenvalue weighted by Crippen LogP contribution is 2.16. The first-order chi connectivity index (χ1) is 9.21. The van der Waals surface area contributed by atoms with Crippen molar-refractivity contribution in [1.29, 1.82) is 0 Å². The summed E-state index contributed by atoms with van der Waals surface area (Å²) in [5.74, 6) is 0. The van der Waals surface area contributed by atoms with Crippen molar-refractivity contribution in [2.75, 3.05) is 13.2 Å². The highest BCUT2D eigenvalue weighted by molar-refractivity contribution is 9.10. The fraction of sp³-hybridized carbons (Fsp3) is 0.625. The molecule has 0 saturated carbocycles. The van der Waals surface area contributed by atoms with E-state index in [-0.39, 0.29) is 0 Å². The number of hydrogen-bond donors (Lipinski definition) is 1. The fourth-order valence-corrected chi connectivity index (χ4v) is 2.64. The molecule has 108 valence electrons. The molecule has 0 aliphatic heterocycles. The molecular weight excluding hydrogens is 302 g/mol. The number of rotatable bonds is 9. The van der Waals surface area contributed by atoms with Crippen molar-refractivity contribution < 1.29 is 4.74 Å². The van der Waals surface area contributed by atoms with Crippen LogP contribution in [0.15, 0.2) is 28.7 Å². The first kappa shape index (κ1) is 16.7. The maximum atomic E-state index is 5.92. The monoisotopic (exact) mass is 327 g/mol. The number of halogens is 1. The first-order valence-corrected chi connectivity index (χ1v) is 8.09. The van der Waals surface area contributed by atoms with Gasteiger partial charge in [-0.2, -0.15) is 0 Å². The van der Waals surface area contributed by atoms with E-state index in [1.807, 2.05) is 0 Å². The van der Waals surface area contributed by atoms with Crippen LogP contribution in [0.2, 0.25) is 0 Å². The lowest BCUT2D eigenvalue weighted by atomic mass is 9.98. The maximum Gasteiger partial charge on any atom is 0.0731 e. The Bertz CT molecular complexity index is 333. The van der Waals surface area contributed by atoms with Gasteiger partial charge in [0.1, 0.15) is 0 Å². The molecule has 2 nitrogen and oxygen atoms in total. The van der Waals surface area contributed by atoms with Crippen LogP contribution in [-0.2, 0) is 11.2 Å². The van der Waals surface area contributed by atoms with Crippen molar-refractivity contribution in [2.24, 2.45) is 0 Å². The minimum absolute atomic E-state index is 0.304. The second-order valence-electron chi connectivity index (χ2n) is 4.78. The molecule has 0 spiro atoms. The Labute approximate surface area is 126 Å². The van der Waals surface area contributed by atoms with Gasteiger partial charge in [-0.3, -0.25) is 0 Å². The summed E-state index contributed by atoms with van der Waals surface area (Å²) in [5, 5.41) is 3.58. The van der Waals surface area contributed by atoms with Crippen molar-refractivity contribution >= 4 is 15.9 Å². The molecule has 2 unspecified atom stereocenters. The summed E-state index contributed by atoms with van der Waals surface area (Å²) in [4.78, 5) is 0. The summed E-state index contributed by atoms with van der Waals surface area (Å²) in [6, 6.07) is 8.97. The molecule has 19 heavy (non-hydrogen) atoms. The Balaban J connectivity index is 2.71. The lowest BCUT2D eigenvalue weighted by Gasteiger charge is -2.27. The molecule has 0 amide bonds. The summed E-state index contributed by atoms with van der Waals surface area (Å²) in [6.07, 6.45) is 3.60. The third-order valence-corrected chi connectivity index (χ3v) is 3.77. The number of ether oxygens (including phenoxy) is 1. The Hall–Kier alpha value is -0.380. The number of likely N-dealkylation sites (N-methyl/N-ethyl adjacent to an activating group) is 1. The van der Waals surface area contributed by atoms with E-state index in [9.17, 15) is 0 Å². The standard InChI is InChI=1S/C16H26BrNO/c1-4-7-16(19-6-3)15(18-5-2)12-13-8-10-14(17)11-9-13/h8-11,15-16,18H,4-7,12H2,1-3H3. The predicted octanol–water partition coefficient (Wildman–Crippen LogP) is 4.17. The third-order valence-electron chi connectivity index (χ3n) is 3.24. The predicted molar refractivity (Wildman–Crippen MR) is 85.6 cm³/mol. The Morgan fingerprint density at radius 3 is 2.37 bits per heavy atom. The average Bonchev–Trinajstić information content (AvgIpc) is 2.40. The molecule has 2 atom stereocenters. The molecule has 0 radical (unpaired) electrons. The molecule has 0 bridgehead atoms. The van der Waals surface area contributed by atoms with Crippen LogP contribution in [-0.4, -0.2) is 25.3 Å². The zero-order valence-electron chi connectivity index (χ0n) is 12.3. The largest absolute Gasteiger partial charge is 0.377 e. The van der Waals surface area contributed by atoms with Gasteiger partial charge < -0.3 is 10.1 Å². The topological polar surface area (TPSA) is 21.3 Å². The van der Waals surface area contributed by atoms with E-state index in [4.69, 9.17) is 4.74 Å². The van der Waals surface area contributed by atoms with E-state index in [1.165, 1.54) is 5.56 Å². The highest BCUT2D eigenvalue weighted by atomic mass is 79.9. The van der Waals surface area contributed by atoms with Crippen LogP contribution in [0, 0.1) is 0 Å². The van der Waals surface area contributed by atoms with Crippen molar-refractivity contribution in [1.82, 2.24) is 5.32 Å². The van der Waals surface area contributed by atoms with Crippen LogP contribution in [0.1, 0.15) is 39.2 Å². The smallest absolute Gasteiger partial charge is 0.0731 e. The lowest BCUT2D eigenvalue weighted by Crippen LogP contribution is -2.43. The van der Waals surface area contributed by atoms with Crippen molar-refractivity contribution in [2.45, 2.75) is 52.2 Å². The van der Waals surface area contributed by atoms with Gasteiger partial charge in [0.05, 0.1) is 6.10 Å². The molecule has 0 heterocycles. The summed E-state index contributed by atoms with van der Waals surface area (Å²) in [5.41, 5.74) is 1.36. The van der Waals surface area contributed by atoms with E-state index >= 15 is 0 Å². The lowest BCUT2D eigenvalue weighted by molar-refractivity contribution is 0.0285. The van der Waals surface area contributed by atoms with Crippen LogP contribution in [0.25, 0.3) is 0 Å². The number of hydrogen-bond acceptors (Lipinski definition) is 2. The van der Waals surface area contributed by atoms with Crippen LogP contribution in [0.5, 0.6) is 0 Å². The van der Waals surface area contributed by atoms with E-state index in [0.717, 1.165) is 36.9 Å². The molecule has 0 saturated heterocycles. The van der Waals surface area contributed by atoms with Gasteiger partial charge in [0.25, 0.3) is 0 Å². The van der Waals surface area contributed by atoms with E-state index in [1.54, 1.807) is 0 Å². The zero-order valence-corrected chi connectivity index (χ0v) is 13.9. The van der Waals surface area contributed by atoms with E-state index in [0.29, 0.717) is 12.1 Å². The molecule has 0 aliphatic rings. The molecule has 0 aromatic heterocycles. The molecule has 1 aromatic rings. The van der Waals surface area contributed by atoms with E-state index in [2.05, 4.69) is 66.3 Å². The summed E-state index contributed by atoms with van der Waals surface area (Å²) < 4.78 is 7.05. The summed E-state index contributed by atoms with van der Waals surface area (Å²) >= 11 is 3.48. The SMILES string of the molecule is CCCC(OCC)C(Cc1ccc(Br)cc1)NCC. The summed E-state index contributed by atoms with van der Waals surface area (Å²) in [7, 11) is 0. The molecule has 0 aliphatic carbocycles. The molecule has 0 fully saturated rings. The first-order valence-electron chi connectivity index (χ1n) is 7.30. The van der Waals surface area contributed by atoms with Gasteiger partial charge in [0, 0.05) is 17.1 Å². The molecular formula is C16H26BrNO. The third kappa shape index (κ3) is 6.07. The van der Waals surface area contributed by atoms with Crippen LogP contribution < -0.4 is 5.32 Å². The normalized spacial score (nSPS) is 14.3. The van der Waals surface area contributed by atoms with Gasteiger partial charge in [-0.05, 0) is 44.0 Å². The molecule has 3 heteroatoms. The quantitative estimate of drug-likeness (QED) is 0.734. The molecule has 1 N–H and O–H groups in total. The number of nitrogens with one attached hydrogen (secondary N) is 1. The van der Waals surface area contributed by atoms with Crippen LogP contribution in [0.4, 0.5) is 0 Å². The van der Waals surface area contributed by atoms with E-state index < -0.39 is 0 Å². The van der Waals surface area contributed by atoms with Crippen LogP contribution >= 0.6 is 15.9 Å². The summed E-state index contributed by atoms with van der Waals surface area (Å²) in [6.45, 7) is 8.21. The van der Waals surface area contributed by atoms with Gasteiger partial charge in [0.2, 0.25) is 0 Å². The van der Waals surface area contributed by atoms with Crippen molar-refractivity contribution in [3.63, 3.8) is 0 Å². The van der Waals surface area contributed by atoms with Gasteiger partial charge in [-0.25, -0.2) is 0 Å². The minimum atomic E-state index is 0.304.